The van der Waals surface area contributed by atoms with Crippen molar-refractivity contribution in [2.75, 3.05) is 19.6 Å². The number of aliphatic carboxylic acids is 1. The highest BCUT2D eigenvalue weighted by Gasteiger charge is 2.37. The van der Waals surface area contributed by atoms with Gasteiger partial charge in [0, 0.05) is 19.1 Å². The number of nitrogens with zero attached hydrogens (tertiary/aromatic N) is 2. The van der Waals surface area contributed by atoms with Crippen molar-refractivity contribution in [1.82, 2.24) is 9.80 Å². The molecule has 21 heavy (non-hydrogen) atoms. The first-order valence-electron chi connectivity index (χ1n) is 8.07. The minimum Gasteiger partial charge on any atom is -0.480 e. The van der Waals surface area contributed by atoms with Crippen molar-refractivity contribution in [2.45, 2.75) is 63.6 Å². The zero-order valence-corrected chi connectivity index (χ0v) is 12.8. The smallest absolute Gasteiger partial charge is 0.320 e. The van der Waals surface area contributed by atoms with Gasteiger partial charge in [0.15, 0.2) is 0 Å². The molecule has 120 valence electrons. The molecule has 0 aromatic rings. The van der Waals surface area contributed by atoms with Gasteiger partial charge in [-0.25, -0.2) is 0 Å². The molecule has 0 spiro atoms. The first-order valence-corrected chi connectivity index (χ1v) is 8.07. The van der Waals surface area contributed by atoms with Gasteiger partial charge in [0.05, 0.1) is 6.04 Å². The SMILES string of the molecule is CCC[C@@H](N)C(=O)N1CCC(N2CCCC2C(=O)O)CC1. The Morgan fingerprint density at radius 3 is 2.48 bits per heavy atom. The standard InChI is InChI=1S/C15H27N3O3/c1-2-4-12(16)14(19)17-9-6-11(7-10-17)18-8-3-5-13(18)15(20)21/h11-13H,2-10,16H2,1H3,(H,20,21)/t12-,13?/m1/s1. The van der Waals surface area contributed by atoms with Gasteiger partial charge in [0.2, 0.25) is 5.91 Å². The second-order valence-corrected chi connectivity index (χ2v) is 6.19. The van der Waals surface area contributed by atoms with E-state index in [0.29, 0.717) is 19.1 Å². The number of likely N-dealkylation sites (tertiary alicyclic amines) is 2. The van der Waals surface area contributed by atoms with Crippen LogP contribution in [0.3, 0.4) is 0 Å². The third-order valence-corrected chi connectivity index (χ3v) is 4.74. The number of piperidine rings is 1. The lowest BCUT2D eigenvalue weighted by Crippen LogP contribution is -2.52. The Morgan fingerprint density at radius 1 is 1.24 bits per heavy atom. The fraction of sp³-hybridized carbons (Fsp3) is 0.867. The molecule has 2 fully saturated rings. The van der Waals surface area contributed by atoms with Crippen LogP contribution in [0, 0.1) is 0 Å². The second kappa shape index (κ2) is 7.22. The number of hydrogen-bond acceptors (Lipinski definition) is 4. The van der Waals surface area contributed by atoms with Crippen LogP contribution in [0.15, 0.2) is 0 Å². The highest BCUT2D eigenvalue weighted by Crippen LogP contribution is 2.26. The van der Waals surface area contributed by atoms with Crippen molar-refractivity contribution < 1.29 is 14.7 Å². The molecule has 0 radical (unpaired) electrons. The third kappa shape index (κ3) is 3.74. The maximum atomic E-state index is 12.2. The van der Waals surface area contributed by atoms with Crippen LogP contribution >= 0.6 is 0 Å². The fourth-order valence-electron chi connectivity index (χ4n) is 3.58. The molecule has 3 N–H and O–H groups in total. The van der Waals surface area contributed by atoms with Crippen molar-refractivity contribution in [3.63, 3.8) is 0 Å². The topological polar surface area (TPSA) is 86.9 Å². The highest BCUT2D eigenvalue weighted by molar-refractivity contribution is 5.81. The van der Waals surface area contributed by atoms with Gasteiger partial charge >= 0.3 is 5.97 Å². The number of nitrogens with two attached hydrogens (primary N) is 1. The summed E-state index contributed by atoms with van der Waals surface area (Å²) in [5.74, 6) is -0.664. The lowest BCUT2D eigenvalue weighted by molar-refractivity contribution is -0.144. The van der Waals surface area contributed by atoms with E-state index in [-0.39, 0.29) is 18.0 Å². The Hall–Kier alpha value is -1.14. The quantitative estimate of drug-likeness (QED) is 0.778. The summed E-state index contributed by atoms with van der Waals surface area (Å²) in [6.45, 7) is 4.29. The monoisotopic (exact) mass is 297 g/mol. The lowest BCUT2D eigenvalue weighted by atomic mass is 10.0. The van der Waals surface area contributed by atoms with E-state index < -0.39 is 5.97 Å². The van der Waals surface area contributed by atoms with Crippen molar-refractivity contribution in [2.24, 2.45) is 5.73 Å². The molecule has 1 amide bonds. The fourth-order valence-corrected chi connectivity index (χ4v) is 3.58. The number of carboxylic acid groups (broad SMARTS) is 1. The van der Waals surface area contributed by atoms with E-state index in [9.17, 15) is 14.7 Å². The highest BCUT2D eigenvalue weighted by atomic mass is 16.4. The van der Waals surface area contributed by atoms with Crippen LogP contribution in [-0.4, -0.2) is 64.5 Å². The molecule has 2 atom stereocenters. The van der Waals surface area contributed by atoms with Crippen LogP contribution in [0.4, 0.5) is 0 Å². The van der Waals surface area contributed by atoms with Gasteiger partial charge in [0.25, 0.3) is 0 Å². The summed E-state index contributed by atoms with van der Waals surface area (Å²) in [5.41, 5.74) is 5.90. The van der Waals surface area contributed by atoms with E-state index in [1.165, 1.54) is 0 Å². The number of carbonyl (C=O) groups excluding carboxylic acids is 1. The van der Waals surface area contributed by atoms with Crippen LogP contribution in [0.5, 0.6) is 0 Å². The van der Waals surface area contributed by atoms with Gasteiger partial charge < -0.3 is 15.7 Å². The normalized spacial score (nSPS) is 26.0. The Labute approximate surface area is 126 Å². The maximum absolute atomic E-state index is 12.2. The Bertz CT molecular complexity index is 380. The molecule has 0 saturated carbocycles. The number of rotatable bonds is 5. The van der Waals surface area contributed by atoms with Gasteiger partial charge in [-0.1, -0.05) is 13.3 Å². The molecule has 2 saturated heterocycles. The second-order valence-electron chi connectivity index (χ2n) is 6.19. The van der Waals surface area contributed by atoms with Gasteiger partial charge in [-0.3, -0.25) is 14.5 Å². The summed E-state index contributed by atoms with van der Waals surface area (Å²) in [4.78, 5) is 27.4. The molecule has 0 aromatic heterocycles. The molecule has 6 nitrogen and oxygen atoms in total. The molecule has 2 aliphatic rings. The van der Waals surface area contributed by atoms with E-state index in [0.717, 1.165) is 45.1 Å². The van der Waals surface area contributed by atoms with Gasteiger partial charge in [-0.15, -0.1) is 0 Å². The molecule has 0 aliphatic carbocycles. The maximum Gasteiger partial charge on any atom is 0.320 e. The van der Waals surface area contributed by atoms with Crippen LogP contribution < -0.4 is 5.73 Å². The zero-order valence-electron chi connectivity index (χ0n) is 12.8. The number of amides is 1. The van der Waals surface area contributed by atoms with Crippen LogP contribution in [0.2, 0.25) is 0 Å². The van der Waals surface area contributed by atoms with Crippen molar-refractivity contribution in [3.8, 4) is 0 Å². The van der Waals surface area contributed by atoms with Gasteiger partial charge in [0.1, 0.15) is 6.04 Å². The first kappa shape index (κ1) is 16.2. The summed E-state index contributed by atoms with van der Waals surface area (Å²) >= 11 is 0. The number of hydrogen-bond donors (Lipinski definition) is 2. The summed E-state index contributed by atoms with van der Waals surface area (Å²) in [6.07, 6.45) is 5.06. The average Bonchev–Trinajstić information content (AvgIpc) is 2.96. The molecule has 0 aromatic carbocycles. The van der Waals surface area contributed by atoms with E-state index >= 15 is 0 Å². The lowest BCUT2D eigenvalue weighted by Gasteiger charge is -2.39. The first-order chi connectivity index (χ1) is 10.0. The summed E-state index contributed by atoms with van der Waals surface area (Å²) in [6, 6.07) is -0.426. The van der Waals surface area contributed by atoms with E-state index in [4.69, 9.17) is 5.73 Å². The third-order valence-electron chi connectivity index (χ3n) is 4.74. The molecule has 2 rings (SSSR count). The largest absolute Gasteiger partial charge is 0.480 e. The summed E-state index contributed by atoms with van der Waals surface area (Å²) in [7, 11) is 0. The van der Waals surface area contributed by atoms with Gasteiger partial charge in [-0.05, 0) is 38.6 Å². The Morgan fingerprint density at radius 2 is 1.90 bits per heavy atom. The summed E-state index contributed by atoms with van der Waals surface area (Å²) in [5, 5.41) is 9.26. The van der Waals surface area contributed by atoms with Crippen molar-refractivity contribution >= 4 is 11.9 Å². The van der Waals surface area contributed by atoms with Crippen molar-refractivity contribution in [1.29, 1.82) is 0 Å². The molecular formula is C15H27N3O3. The van der Waals surface area contributed by atoms with Crippen LogP contribution in [0.25, 0.3) is 0 Å². The molecule has 2 aliphatic heterocycles. The molecule has 6 heteroatoms. The molecule has 2 heterocycles. The van der Waals surface area contributed by atoms with Crippen molar-refractivity contribution in [3.05, 3.63) is 0 Å². The van der Waals surface area contributed by atoms with Gasteiger partial charge in [-0.2, -0.15) is 0 Å². The van der Waals surface area contributed by atoms with E-state index in [2.05, 4.69) is 4.90 Å². The predicted molar refractivity (Wildman–Crippen MR) is 79.8 cm³/mol. The zero-order chi connectivity index (χ0) is 15.4. The number of carboxylic acids is 1. The Balaban J connectivity index is 1.85. The minimum absolute atomic E-state index is 0.0477. The molecule has 1 unspecified atom stereocenters. The summed E-state index contributed by atoms with van der Waals surface area (Å²) < 4.78 is 0. The Kier molecular flexibility index (Phi) is 5.58. The predicted octanol–water partition coefficient (Wildman–Crippen LogP) is 0.654. The molecule has 0 bridgehead atoms. The van der Waals surface area contributed by atoms with E-state index in [1.807, 2.05) is 11.8 Å². The number of carbonyl (C=O) groups is 2. The molecular weight excluding hydrogens is 270 g/mol. The minimum atomic E-state index is -0.712. The van der Waals surface area contributed by atoms with E-state index in [1.54, 1.807) is 0 Å². The average molecular weight is 297 g/mol. The van der Waals surface area contributed by atoms with Crippen LogP contribution in [-0.2, 0) is 9.59 Å². The van der Waals surface area contributed by atoms with Crippen LogP contribution in [0.1, 0.15) is 45.4 Å².